The number of thiazole rings is 1. The molecule has 0 spiro atoms. The molecule has 0 aliphatic rings. The SMILES string of the molecule is FC(F)(F)c1nc(Cl)c2ncsc2n1. The maximum absolute atomic E-state index is 12.2. The molecule has 14 heavy (non-hydrogen) atoms. The van der Waals surface area contributed by atoms with Crippen molar-refractivity contribution in [2.24, 2.45) is 0 Å². The summed E-state index contributed by atoms with van der Waals surface area (Å²) in [7, 11) is 0. The Bertz CT molecular complexity index is 481. The summed E-state index contributed by atoms with van der Waals surface area (Å²) >= 11 is 6.49. The number of alkyl halides is 3. The second-order valence-corrected chi connectivity index (χ2v) is 3.53. The van der Waals surface area contributed by atoms with E-state index in [4.69, 9.17) is 11.6 Å². The van der Waals surface area contributed by atoms with Gasteiger partial charge in [0.1, 0.15) is 10.3 Å². The van der Waals surface area contributed by atoms with Crippen LogP contribution in [0.15, 0.2) is 5.51 Å². The monoisotopic (exact) mass is 239 g/mol. The van der Waals surface area contributed by atoms with Crippen LogP contribution in [0.25, 0.3) is 10.3 Å². The summed E-state index contributed by atoms with van der Waals surface area (Å²) in [5.74, 6) is -1.24. The Hall–Kier alpha value is -0.950. The lowest BCUT2D eigenvalue weighted by atomic mass is 10.5. The molecule has 0 bridgehead atoms. The van der Waals surface area contributed by atoms with Crippen LogP contribution in [0, 0.1) is 0 Å². The van der Waals surface area contributed by atoms with Gasteiger partial charge in [0, 0.05) is 0 Å². The Morgan fingerprint density at radius 1 is 1.29 bits per heavy atom. The van der Waals surface area contributed by atoms with Crippen LogP contribution in [0.5, 0.6) is 0 Å². The second kappa shape index (κ2) is 3.03. The summed E-state index contributed by atoms with van der Waals surface area (Å²) in [6.07, 6.45) is -4.58. The van der Waals surface area contributed by atoms with Gasteiger partial charge in [0.2, 0.25) is 5.82 Å². The van der Waals surface area contributed by atoms with Gasteiger partial charge in [-0.1, -0.05) is 11.6 Å². The zero-order chi connectivity index (χ0) is 10.3. The highest BCUT2D eigenvalue weighted by Gasteiger charge is 2.35. The average Bonchev–Trinajstić information content (AvgIpc) is 2.50. The van der Waals surface area contributed by atoms with Crippen molar-refractivity contribution in [3.8, 4) is 0 Å². The number of halogens is 4. The molecule has 3 nitrogen and oxygen atoms in total. The zero-order valence-corrected chi connectivity index (χ0v) is 7.91. The van der Waals surface area contributed by atoms with Crippen LogP contribution in [-0.4, -0.2) is 15.0 Å². The minimum absolute atomic E-state index is 0.136. The summed E-state index contributed by atoms with van der Waals surface area (Å²) in [6, 6.07) is 0. The normalized spacial score (nSPS) is 12.3. The number of nitrogens with zero attached hydrogens (tertiary/aromatic N) is 3. The maximum atomic E-state index is 12.2. The van der Waals surface area contributed by atoms with Crippen LogP contribution in [0.3, 0.4) is 0 Å². The number of hydrogen-bond acceptors (Lipinski definition) is 4. The van der Waals surface area contributed by atoms with Crippen LogP contribution in [-0.2, 0) is 6.18 Å². The summed E-state index contributed by atoms with van der Waals surface area (Å²) in [5, 5.41) is -0.274. The van der Waals surface area contributed by atoms with Crippen molar-refractivity contribution in [3.05, 3.63) is 16.5 Å². The highest BCUT2D eigenvalue weighted by molar-refractivity contribution is 7.16. The van der Waals surface area contributed by atoms with Crippen LogP contribution >= 0.6 is 22.9 Å². The van der Waals surface area contributed by atoms with E-state index in [0.29, 0.717) is 0 Å². The third kappa shape index (κ3) is 1.53. The first-order valence-corrected chi connectivity index (χ1v) is 4.58. The van der Waals surface area contributed by atoms with Crippen molar-refractivity contribution >= 4 is 33.3 Å². The van der Waals surface area contributed by atoms with E-state index in [-0.39, 0.29) is 15.5 Å². The molecule has 0 N–H and O–H groups in total. The molecule has 74 valence electrons. The number of aromatic nitrogens is 3. The molecule has 2 aromatic rings. The summed E-state index contributed by atoms with van der Waals surface area (Å²) in [5.41, 5.74) is 1.57. The van der Waals surface area contributed by atoms with Crippen molar-refractivity contribution in [2.75, 3.05) is 0 Å². The van der Waals surface area contributed by atoms with Gasteiger partial charge in [-0.05, 0) is 0 Å². The van der Waals surface area contributed by atoms with E-state index in [1.807, 2.05) is 0 Å². The molecule has 0 saturated carbocycles. The number of rotatable bonds is 0. The van der Waals surface area contributed by atoms with E-state index < -0.39 is 12.0 Å². The first-order valence-electron chi connectivity index (χ1n) is 3.32. The summed E-state index contributed by atoms with van der Waals surface area (Å²) < 4.78 is 36.6. The molecule has 2 aromatic heterocycles. The van der Waals surface area contributed by atoms with Gasteiger partial charge >= 0.3 is 6.18 Å². The molecule has 8 heteroatoms. The van der Waals surface area contributed by atoms with E-state index in [9.17, 15) is 13.2 Å². The fourth-order valence-electron chi connectivity index (χ4n) is 0.855. The smallest absolute Gasteiger partial charge is 0.240 e. The van der Waals surface area contributed by atoms with Crippen molar-refractivity contribution in [1.82, 2.24) is 15.0 Å². The van der Waals surface area contributed by atoms with Gasteiger partial charge in [-0.25, -0.2) is 15.0 Å². The fraction of sp³-hybridized carbons (Fsp3) is 0.167. The average molecular weight is 240 g/mol. The molecule has 0 aromatic carbocycles. The Kier molecular flexibility index (Phi) is 2.07. The first kappa shape index (κ1) is 9.60. The molecule has 2 rings (SSSR count). The maximum Gasteiger partial charge on any atom is 0.451 e. The van der Waals surface area contributed by atoms with Crippen molar-refractivity contribution in [3.63, 3.8) is 0 Å². The van der Waals surface area contributed by atoms with Gasteiger partial charge in [0.15, 0.2) is 5.15 Å². The highest BCUT2D eigenvalue weighted by Crippen LogP contribution is 2.30. The number of fused-ring (bicyclic) bond motifs is 1. The molecule has 0 radical (unpaired) electrons. The largest absolute Gasteiger partial charge is 0.451 e. The quantitative estimate of drug-likeness (QED) is 0.664. The van der Waals surface area contributed by atoms with Gasteiger partial charge in [-0.3, -0.25) is 0 Å². The molecule has 0 saturated heterocycles. The molecule has 0 amide bonds. The van der Waals surface area contributed by atoms with Crippen LogP contribution < -0.4 is 0 Å². The van der Waals surface area contributed by atoms with Gasteiger partial charge in [0.05, 0.1) is 5.51 Å². The van der Waals surface area contributed by atoms with Gasteiger partial charge < -0.3 is 0 Å². The molecule has 0 atom stereocenters. The Morgan fingerprint density at radius 3 is 2.64 bits per heavy atom. The predicted molar refractivity (Wildman–Crippen MR) is 45.2 cm³/mol. The number of hydrogen-bond donors (Lipinski definition) is 0. The third-order valence-electron chi connectivity index (χ3n) is 1.41. The zero-order valence-electron chi connectivity index (χ0n) is 6.34. The van der Waals surface area contributed by atoms with Crippen LogP contribution in [0.4, 0.5) is 13.2 Å². The van der Waals surface area contributed by atoms with E-state index in [1.165, 1.54) is 5.51 Å². The van der Waals surface area contributed by atoms with Crippen molar-refractivity contribution in [2.45, 2.75) is 6.18 Å². The molecule has 0 aliphatic carbocycles. The van der Waals surface area contributed by atoms with Crippen molar-refractivity contribution < 1.29 is 13.2 Å². The lowest BCUT2D eigenvalue weighted by Crippen LogP contribution is -2.10. The molecule has 2 heterocycles. The Labute approximate surface area is 84.6 Å². The van der Waals surface area contributed by atoms with E-state index in [1.54, 1.807) is 0 Å². The molecular formula is C6HClF3N3S. The predicted octanol–water partition coefficient (Wildman–Crippen LogP) is 2.76. The fourth-order valence-corrected chi connectivity index (χ4v) is 1.79. The highest BCUT2D eigenvalue weighted by atomic mass is 35.5. The van der Waals surface area contributed by atoms with Crippen molar-refractivity contribution in [1.29, 1.82) is 0 Å². The standard InChI is InChI=1S/C6HClF3N3S/c7-3-2-4(14-1-11-2)13-5(12-3)6(8,9)10/h1H. The van der Waals surface area contributed by atoms with E-state index in [2.05, 4.69) is 15.0 Å². The minimum atomic E-state index is -4.58. The van der Waals surface area contributed by atoms with Gasteiger partial charge in [0.25, 0.3) is 0 Å². The Balaban J connectivity index is 2.70. The summed E-state index contributed by atoms with van der Waals surface area (Å²) in [4.78, 5) is 10.3. The topological polar surface area (TPSA) is 38.7 Å². The van der Waals surface area contributed by atoms with Gasteiger partial charge in [-0.15, -0.1) is 11.3 Å². The lowest BCUT2D eigenvalue weighted by molar-refractivity contribution is -0.144. The van der Waals surface area contributed by atoms with Gasteiger partial charge in [-0.2, -0.15) is 13.2 Å². The van der Waals surface area contributed by atoms with Crippen LogP contribution in [0.1, 0.15) is 5.82 Å². The van der Waals surface area contributed by atoms with E-state index >= 15 is 0 Å². The molecule has 0 unspecified atom stereocenters. The lowest BCUT2D eigenvalue weighted by Gasteiger charge is -2.03. The molecule has 0 aliphatic heterocycles. The molecular weight excluding hydrogens is 239 g/mol. The Morgan fingerprint density at radius 2 is 2.00 bits per heavy atom. The summed E-state index contributed by atoms with van der Waals surface area (Å²) in [6.45, 7) is 0. The minimum Gasteiger partial charge on any atom is -0.240 e. The van der Waals surface area contributed by atoms with E-state index in [0.717, 1.165) is 11.3 Å². The van der Waals surface area contributed by atoms with Crippen LogP contribution in [0.2, 0.25) is 5.15 Å². The third-order valence-corrected chi connectivity index (χ3v) is 2.39. The molecule has 0 fully saturated rings. The second-order valence-electron chi connectivity index (χ2n) is 2.34. The first-order chi connectivity index (χ1) is 6.48.